The maximum atomic E-state index is 12.4. The molecule has 0 aliphatic carbocycles. The molecule has 0 radical (unpaired) electrons. The average Bonchev–Trinajstić information content (AvgIpc) is 3.32. The van der Waals surface area contributed by atoms with E-state index in [0.29, 0.717) is 25.8 Å². The third-order valence-corrected chi connectivity index (χ3v) is 5.93. The number of hydrogen-bond acceptors (Lipinski definition) is 4. The van der Waals surface area contributed by atoms with Crippen molar-refractivity contribution in [3.05, 3.63) is 81.4 Å². The van der Waals surface area contributed by atoms with Crippen molar-refractivity contribution in [3.8, 4) is 11.4 Å². The summed E-state index contributed by atoms with van der Waals surface area (Å²) in [5.41, 5.74) is 2.34. The Labute approximate surface area is 182 Å². The van der Waals surface area contributed by atoms with Crippen molar-refractivity contribution in [3.63, 3.8) is 0 Å². The Balaban J connectivity index is 1.61. The van der Waals surface area contributed by atoms with Gasteiger partial charge in [-0.1, -0.05) is 29.3 Å². The van der Waals surface area contributed by atoms with Crippen LogP contribution >= 0.6 is 35.0 Å². The number of nitrogens with zero attached hydrogens (tertiary/aromatic N) is 2. The normalized spacial score (nSPS) is 16.4. The number of rotatable bonds is 4. The van der Waals surface area contributed by atoms with Gasteiger partial charge in [0.15, 0.2) is 5.17 Å². The Kier molecular flexibility index (Phi) is 5.67. The lowest BCUT2D eigenvalue weighted by atomic mass is 10.3. The van der Waals surface area contributed by atoms with Crippen LogP contribution in [0.4, 0.5) is 5.69 Å². The van der Waals surface area contributed by atoms with Crippen molar-refractivity contribution < 1.29 is 9.53 Å². The first-order valence-corrected chi connectivity index (χ1v) is 10.2. The van der Waals surface area contributed by atoms with E-state index in [1.54, 1.807) is 25.3 Å². The molecule has 1 amide bonds. The van der Waals surface area contributed by atoms with E-state index < -0.39 is 0 Å². The van der Waals surface area contributed by atoms with Gasteiger partial charge in [-0.2, -0.15) is 0 Å². The molecule has 146 valence electrons. The number of amidine groups is 1. The summed E-state index contributed by atoms with van der Waals surface area (Å²) in [7, 11) is 1.63. The minimum atomic E-state index is -0.214. The molecule has 1 N–H and O–H groups in total. The molecule has 1 aliphatic rings. The summed E-state index contributed by atoms with van der Waals surface area (Å²) in [6.45, 7) is 0. The van der Waals surface area contributed by atoms with Gasteiger partial charge < -0.3 is 14.6 Å². The number of benzene rings is 2. The summed E-state index contributed by atoms with van der Waals surface area (Å²) in [5.74, 6) is 0.571. The van der Waals surface area contributed by atoms with Crippen molar-refractivity contribution in [2.75, 3.05) is 7.11 Å². The molecule has 0 saturated carbocycles. The van der Waals surface area contributed by atoms with E-state index in [2.05, 4.69) is 10.3 Å². The summed E-state index contributed by atoms with van der Waals surface area (Å²) < 4.78 is 7.20. The monoisotopic (exact) mass is 443 g/mol. The van der Waals surface area contributed by atoms with E-state index >= 15 is 0 Å². The Morgan fingerprint density at radius 3 is 2.66 bits per heavy atom. The number of amides is 1. The standard InChI is InChI=1S/C21H15Cl2N3O2S/c1-28-15-9-7-13(8-10-15)26-11-3-4-14(26)12-18-20(27)25-21(29-18)24-17-6-2-5-16(22)19(17)23/h2-12H,1H3,(H,24,25,27)/b18-12-. The largest absolute Gasteiger partial charge is 0.497 e. The molecule has 1 aromatic heterocycles. The second-order valence-electron chi connectivity index (χ2n) is 6.06. The minimum absolute atomic E-state index is 0.214. The van der Waals surface area contributed by atoms with Crippen LogP contribution in [0.5, 0.6) is 5.75 Å². The maximum Gasteiger partial charge on any atom is 0.264 e. The third kappa shape index (κ3) is 4.19. The summed E-state index contributed by atoms with van der Waals surface area (Å²) in [4.78, 5) is 17.4. The number of carbonyl (C=O) groups excluding carboxylic acids is 1. The molecular formula is C21H15Cl2N3O2S. The zero-order chi connectivity index (χ0) is 20.4. The van der Waals surface area contributed by atoms with E-state index in [1.165, 1.54) is 11.8 Å². The van der Waals surface area contributed by atoms with Gasteiger partial charge in [0, 0.05) is 17.6 Å². The smallest absolute Gasteiger partial charge is 0.264 e. The molecule has 29 heavy (non-hydrogen) atoms. The molecule has 0 atom stereocenters. The predicted molar refractivity (Wildman–Crippen MR) is 120 cm³/mol. The molecule has 1 fully saturated rings. The molecule has 2 heterocycles. The molecule has 0 unspecified atom stereocenters. The van der Waals surface area contributed by atoms with Gasteiger partial charge in [-0.15, -0.1) is 0 Å². The fraction of sp³-hybridized carbons (Fsp3) is 0.0476. The maximum absolute atomic E-state index is 12.4. The third-order valence-electron chi connectivity index (χ3n) is 4.21. The van der Waals surface area contributed by atoms with Gasteiger partial charge in [0.2, 0.25) is 0 Å². The molecule has 3 aromatic rings. The Morgan fingerprint density at radius 1 is 1.10 bits per heavy atom. The lowest BCUT2D eigenvalue weighted by Gasteiger charge is -2.08. The van der Waals surface area contributed by atoms with Crippen LogP contribution < -0.4 is 10.1 Å². The Morgan fingerprint density at radius 2 is 1.90 bits per heavy atom. The predicted octanol–water partition coefficient (Wildman–Crippen LogP) is 5.68. The lowest BCUT2D eigenvalue weighted by Crippen LogP contribution is -2.19. The molecule has 2 aromatic carbocycles. The van der Waals surface area contributed by atoms with Gasteiger partial charge in [0.1, 0.15) is 5.75 Å². The highest BCUT2D eigenvalue weighted by atomic mass is 35.5. The zero-order valence-corrected chi connectivity index (χ0v) is 17.6. The van der Waals surface area contributed by atoms with E-state index in [4.69, 9.17) is 27.9 Å². The second-order valence-corrected chi connectivity index (χ2v) is 7.87. The van der Waals surface area contributed by atoms with Gasteiger partial charge in [0.05, 0.1) is 27.7 Å². The van der Waals surface area contributed by atoms with E-state index in [9.17, 15) is 4.79 Å². The number of carbonyl (C=O) groups is 1. The highest BCUT2D eigenvalue weighted by Gasteiger charge is 2.24. The average molecular weight is 444 g/mol. The molecule has 5 nitrogen and oxygen atoms in total. The highest BCUT2D eigenvalue weighted by molar-refractivity contribution is 8.18. The fourth-order valence-electron chi connectivity index (χ4n) is 2.79. The van der Waals surface area contributed by atoms with Gasteiger partial charge in [-0.25, -0.2) is 4.99 Å². The number of halogens is 2. The summed E-state index contributed by atoms with van der Waals surface area (Å²) in [6.07, 6.45) is 3.76. The van der Waals surface area contributed by atoms with Gasteiger partial charge in [0.25, 0.3) is 5.91 Å². The number of aliphatic imine (C=N–C) groups is 1. The Hall–Kier alpha value is -2.67. The van der Waals surface area contributed by atoms with E-state index in [1.807, 2.05) is 53.2 Å². The highest BCUT2D eigenvalue weighted by Crippen LogP contribution is 2.34. The van der Waals surface area contributed by atoms with Crippen LogP contribution in [0.15, 0.2) is 70.7 Å². The number of aromatic nitrogens is 1. The molecule has 0 spiro atoms. The van der Waals surface area contributed by atoms with Gasteiger partial charge in [-0.05, 0) is 66.4 Å². The number of thioether (sulfide) groups is 1. The molecule has 8 heteroatoms. The van der Waals surface area contributed by atoms with E-state index in [-0.39, 0.29) is 5.91 Å². The molecular weight excluding hydrogens is 429 g/mol. The van der Waals surface area contributed by atoms with Crippen LogP contribution in [0.3, 0.4) is 0 Å². The van der Waals surface area contributed by atoms with Crippen LogP contribution in [0.2, 0.25) is 10.0 Å². The lowest BCUT2D eigenvalue weighted by molar-refractivity contribution is -0.115. The summed E-state index contributed by atoms with van der Waals surface area (Å²) in [6, 6.07) is 16.7. The Bertz CT molecular complexity index is 1140. The first-order valence-electron chi connectivity index (χ1n) is 8.60. The fourth-order valence-corrected chi connectivity index (χ4v) is 3.95. The molecule has 1 saturated heterocycles. The van der Waals surface area contributed by atoms with Crippen LogP contribution in [-0.2, 0) is 4.79 Å². The quantitative estimate of drug-likeness (QED) is 0.527. The van der Waals surface area contributed by atoms with Crippen molar-refractivity contribution in [1.82, 2.24) is 9.88 Å². The van der Waals surface area contributed by atoms with Crippen molar-refractivity contribution in [1.29, 1.82) is 0 Å². The number of hydrogen-bond donors (Lipinski definition) is 1. The molecule has 0 bridgehead atoms. The van der Waals surface area contributed by atoms with Gasteiger partial charge >= 0.3 is 0 Å². The first-order chi connectivity index (χ1) is 14.0. The first kappa shape index (κ1) is 19.6. The van der Waals surface area contributed by atoms with E-state index in [0.717, 1.165) is 17.1 Å². The molecule has 4 rings (SSSR count). The number of ether oxygens (including phenoxy) is 1. The second kappa shape index (κ2) is 8.37. The SMILES string of the molecule is COc1ccc(-n2cccc2/C=C2\SC(=Nc3cccc(Cl)c3Cl)NC2=O)cc1. The topological polar surface area (TPSA) is 55.6 Å². The zero-order valence-electron chi connectivity index (χ0n) is 15.2. The van der Waals surface area contributed by atoms with Gasteiger partial charge in [-0.3, -0.25) is 4.79 Å². The summed E-state index contributed by atoms with van der Waals surface area (Å²) in [5, 5.41) is 3.98. The van der Waals surface area contributed by atoms with Crippen molar-refractivity contribution in [2.24, 2.45) is 4.99 Å². The van der Waals surface area contributed by atoms with Crippen LogP contribution in [0, 0.1) is 0 Å². The van der Waals surface area contributed by atoms with Crippen LogP contribution in [0.25, 0.3) is 11.8 Å². The van der Waals surface area contributed by atoms with Crippen molar-refractivity contribution in [2.45, 2.75) is 0 Å². The van der Waals surface area contributed by atoms with Crippen LogP contribution in [0.1, 0.15) is 5.69 Å². The number of nitrogens with one attached hydrogen (secondary N) is 1. The summed E-state index contributed by atoms with van der Waals surface area (Å²) >= 11 is 13.5. The van der Waals surface area contributed by atoms with Crippen LogP contribution in [-0.4, -0.2) is 22.8 Å². The van der Waals surface area contributed by atoms with Crippen molar-refractivity contribution >= 4 is 57.8 Å². The minimum Gasteiger partial charge on any atom is -0.497 e. The number of methoxy groups -OCH3 is 1. The molecule has 1 aliphatic heterocycles.